The number of aliphatic carboxylic acids is 1. The molecule has 19 heavy (non-hydrogen) atoms. The van der Waals surface area contributed by atoms with Crippen LogP contribution in [0, 0.1) is 0 Å². The number of carboxylic acids is 1. The van der Waals surface area contributed by atoms with Gasteiger partial charge in [0.05, 0.1) is 0 Å². The minimum atomic E-state index is -1.37. The van der Waals surface area contributed by atoms with Crippen molar-refractivity contribution in [2.45, 2.75) is 0 Å². The molecule has 0 unspecified atom stereocenters. The number of carboxylic acid groups (broad SMARTS) is 1. The summed E-state index contributed by atoms with van der Waals surface area (Å²) in [5.74, 6) is -2.53. The Kier molecular flexibility index (Phi) is 7.55. The van der Waals surface area contributed by atoms with E-state index in [9.17, 15) is 14.4 Å². The largest absolute Gasteiger partial charge is 0.477 e. The molecule has 7 nitrogen and oxygen atoms in total. The van der Waals surface area contributed by atoms with Crippen LogP contribution in [-0.4, -0.2) is 48.4 Å². The van der Waals surface area contributed by atoms with Crippen LogP contribution in [-0.2, 0) is 14.4 Å². The first kappa shape index (κ1) is 16.6. The Morgan fingerprint density at radius 3 is 2.37 bits per heavy atom. The molecule has 0 radical (unpaired) electrons. The number of carbonyl (C=O) groups excluding carboxylic acids is 2. The van der Waals surface area contributed by atoms with Crippen molar-refractivity contribution in [3.8, 4) is 0 Å². The van der Waals surface area contributed by atoms with Crippen molar-refractivity contribution >= 4 is 17.8 Å². The first-order valence-corrected chi connectivity index (χ1v) is 5.35. The van der Waals surface area contributed by atoms with Crippen LogP contribution >= 0.6 is 0 Å². The Morgan fingerprint density at radius 1 is 1.26 bits per heavy atom. The van der Waals surface area contributed by atoms with Gasteiger partial charge in [-0.25, -0.2) is 4.79 Å². The summed E-state index contributed by atoms with van der Waals surface area (Å²) in [4.78, 5) is 34.9. The zero-order valence-electron chi connectivity index (χ0n) is 10.8. The molecule has 2 amide bonds. The summed E-state index contributed by atoms with van der Waals surface area (Å²) >= 11 is 0. The number of likely N-dealkylation sites (N-methyl/N-ethyl adjacent to an activating group) is 1. The fraction of sp³-hybridized carbons (Fsp3) is 0.250. The Hall–Kier alpha value is -2.41. The molecule has 0 spiro atoms. The van der Waals surface area contributed by atoms with Crippen LogP contribution < -0.4 is 10.6 Å². The maximum atomic E-state index is 11.3. The highest BCUT2D eigenvalue weighted by molar-refractivity contribution is 5.97. The normalized spacial score (nSPS) is 11.4. The van der Waals surface area contributed by atoms with E-state index in [4.69, 9.17) is 5.11 Å². The van der Waals surface area contributed by atoms with E-state index in [1.165, 1.54) is 6.08 Å². The Labute approximate surface area is 111 Å². The molecule has 0 bridgehead atoms. The highest BCUT2D eigenvalue weighted by Crippen LogP contribution is 1.88. The summed E-state index contributed by atoms with van der Waals surface area (Å²) in [6, 6.07) is 0. The molecule has 0 heterocycles. The molecule has 7 heteroatoms. The van der Waals surface area contributed by atoms with Crippen LogP contribution in [0.5, 0.6) is 0 Å². The van der Waals surface area contributed by atoms with Crippen LogP contribution in [0.15, 0.2) is 36.7 Å². The number of nitrogens with one attached hydrogen (secondary N) is 2. The molecular formula is C12H17N3O4. The molecule has 0 atom stereocenters. The number of amides is 2. The van der Waals surface area contributed by atoms with Crippen LogP contribution in [0.2, 0.25) is 0 Å². The van der Waals surface area contributed by atoms with E-state index in [1.54, 1.807) is 6.08 Å². The SMILES string of the molecule is C=CC(=O)NC(=CNC(=O)C=CCN(C)C)C(=O)O. The molecular weight excluding hydrogens is 250 g/mol. The average molecular weight is 267 g/mol. The fourth-order valence-electron chi connectivity index (χ4n) is 0.897. The molecule has 0 aromatic rings. The van der Waals surface area contributed by atoms with Crippen molar-refractivity contribution < 1.29 is 19.5 Å². The van der Waals surface area contributed by atoms with Crippen LogP contribution in [0.1, 0.15) is 0 Å². The predicted molar refractivity (Wildman–Crippen MR) is 69.9 cm³/mol. The predicted octanol–water partition coefficient (Wildman–Crippen LogP) is -0.551. The quantitative estimate of drug-likeness (QED) is 0.537. The van der Waals surface area contributed by atoms with Crippen molar-refractivity contribution in [1.29, 1.82) is 0 Å². The molecule has 0 aliphatic heterocycles. The average Bonchev–Trinajstić information content (AvgIpc) is 2.33. The first-order chi connectivity index (χ1) is 8.86. The second kappa shape index (κ2) is 8.65. The number of carbonyl (C=O) groups is 3. The van der Waals surface area contributed by atoms with E-state index < -0.39 is 23.5 Å². The van der Waals surface area contributed by atoms with Crippen molar-refractivity contribution in [2.75, 3.05) is 20.6 Å². The molecule has 0 saturated carbocycles. The van der Waals surface area contributed by atoms with E-state index in [0.29, 0.717) is 6.54 Å². The molecule has 0 aromatic heterocycles. The third kappa shape index (κ3) is 8.33. The van der Waals surface area contributed by atoms with Crippen molar-refractivity contribution in [3.05, 3.63) is 36.7 Å². The lowest BCUT2D eigenvalue weighted by atomic mass is 10.4. The van der Waals surface area contributed by atoms with Gasteiger partial charge in [-0.1, -0.05) is 12.7 Å². The lowest BCUT2D eigenvalue weighted by Crippen LogP contribution is -2.28. The minimum absolute atomic E-state index is 0.445. The van der Waals surface area contributed by atoms with Gasteiger partial charge in [0.25, 0.3) is 0 Å². The van der Waals surface area contributed by atoms with E-state index in [-0.39, 0.29) is 0 Å². The summed E-state index contributed by atoms with van der Waals surface area (Å²) in [5, 5.41) is 13.1. The monoisotopic (exact) mass is 267 g/mol. The van der Waals surface area contributed by atoms with Crippen molar-refractivity contribution in [3.63, 3.8) is 0 Å². The Balaban J connectivity index is 4.50. The molecule has 0 saturated heterocycles. The third-order valence-corrected chi connectivity index (χ3v) is 1.77. The summed E-state index contributed by atoms with van der Waals surface area (Å²) < 4.78 is 0. The highest BCUT2D eigenvalue weighted by Gasteiger charge is 2.09. The van der Waals surface area contributed by atoms with Gasteiger partial charge in [-0.05, 0) is 20.2 Å². The van der Waals surface area contributed by atoms with Crippen LogP contribution in [0.25, 0.3) is 0 Å². The fourth-order valence-corrected chi connectivity index (χ4v) is 0.897. The third-order valence-electron chi connectivity index (χ3n) is 1.77. The molecule has 0 rings (SSSR count). The summed E-state index contributed by atoms with van der Waals surface area (Å²) in [6.45, 7) is 3.77. The van der Waals surface area contributed by atoms with Crippen molar-refractivity contribution in [2.24, 2.45) is 0 Å². The molecule has 0 aliphatic rings. The van der Waals surface area contributed by atoms with Gasteiger partial charge in [-0.3, -0.25) is 9.59 Å². The summed E-state index contributed by atoms with van der Waals surface area (Å²) in [5.41, 5.74) is -0.445. The molecule has 0 fully saturated rings. The Morgan fingerprint density at radius 2 is 1.89 bits per heavy atom. The topological polar surface area (TPSA) is 98.7 Å². The number of hydrogen-bond donors (Lipinski definition) is 3. The molecule has 0 aromatic carbocycles. The van der Waals surface area contributed by atoms with E-state index in [0.717, 1.165) is 12.3 Å². The zero-order chi connectivity index (χ0) is 14.8. The van der Waals surface area contributed by atoms with E-state index in [1.807, 2.05) is 19.0 Å². The van der Waals surface area contributed by atoms with Gasteiger partial charge in [0.15, 0.2) is 0 Å². The maximum Gasteiger partial charge on any atom is 0.353 e. The van der Waals surface area contributed by atoms with Gasteiger partial charge in [0.1, 0.15) is 5.70 Å². The lowest BCUT2D eigenvalue weighted by molar-refractivity contribution is -0.134. The standard InChI is InChI=1S/C12H17N3O4/c1-4-10(16)14-9(12(18)19)8-13-11(17)6-5-7-15(2)3/h4-6,8H,1,7H2,2-3H3,(H,13,17)(H,14,16)(H,18,19). The van der Waals surface area contributed by atoms with Crippen LogP contribution in [0.3, 0.4) is 0 Å². The van der Waals surface area contributed by atoms with Crippen LogP contribution in [0.4, 0.5) is 0 Å². The van der Waals surface area contributed by atoms with Gasteiger partial charge in [-0.2, -0.15) is 0 Å². The zero-order valence-corrected chi connectivity index (χ0v) is 10.8. The molecule has 0 aliphatic carbocycles. The second-order valence-electron chi connectivity index (χ2n) is 3.73. The molecule has 3 N–H and O–H groups in total. The highest BCUT2D eigenvalue weighted by atomic mass is 16.4. The smallest absolute Gasteiger partial charge is 0.353 e. The van der Waals surface area contributed by atoms with Gasteiger partial charge < -0.3 is 20.6 Å². The molecule has 104 valence electrons. The lowest BCUT2D eigenvalue weighted by Gasteiger charge is -2.04. The number of rotatable bonds is 7. The van der Waals surface area contributed by atoms with Crippen molar-refractivity contribution in [1.82, 2.24) is 15.5 Å². The van der Waals surface area contributed by atoms with Gasteiger partial charge in [-0.15, -0.1) is 0 Å². The minimum Gasteiger partial charge on any atom is -0.477 e. The summed E-state index contributed by atoms with van der Waals surface area (Å²) in [7, 11) is 3.69. The van der Waals surface area contributed by atoms with Gasteiger partial charge in [0, 0.05) is 18.8 Å². The maximum absolute atomic E-state index is 11.3. The number of nitrogens with zero attached hydrogens (tertiary/aromatic N) is 1. The van der Waals surface area contributed by atoms with E-state index in [2.05, 4.69) is 17.2 Å². The second-order valence-corrected chi connectivity index (χ2v) is 3.73. The Bertz CT molecular complexity index is 425. The first-order valence-electron chi connectivity index (χ1n) is 5.35. The summed E-state index contributed by atoms with van der Waals surface area (Å²) in [6.07, 6.45) is 4.72. The van der Waals surface area contributed by atoms with Gasteiger partial charge in [0.2, 0.25) is 11.8 Å². The van der Waals surface area contributed by atoms with Gasteiger partial charge >= 0.3 is 5.97 Å². The number of hydrogen-bond acceptors (Lipinski definition) is 4. The van der Waals surface area contributed by atoms with E-state index >= 15 is 0 Å².